The first-order chi connectivity index (χ1) is 12.4. The number of nitrogens with zero attached hydrogens (tertiary/aromatic N) is 5. The Bertz CT molecular complexity index is 980. The molecule has 0 amide bonds. The van der Waals surface area contributed by atoms with Crippen molar-refractivity contribution < 1.29 is 9.05 Å². The monoisotopic (exact) mass is 335 g/mol. The third kappa shape index (κ3) is 3.44. The zero-order valence-corrected chi connectivity index (χ0v) is 13.0. The van der Waals surface area contributed by atoms with Gasteiger partial charge >= 0.3 is 0 Å². The standard InChI is InChI=1S/C16H13N7O2/c1-2-5-11(6-3-1)9-17-13-14(20-16-15(19-13)22-25-23-16)21-18-10-12-7-4-8-24-12/h1-8,10H,9H2,(H,17,19,22)(H,20,21,23)/b18-10+. The van der Waals surface area contributed by atoms with Crippen LogP contribution in [-0.2, 0) is 6.54 Å². The lowest BCUT2D eigenvalue weighted by Gasteiger charge is -2.09. The average molecular weight is 335 g/mol. The van der Waals surface area contributed by atoms with Crippen LogP contribution >= 0.6 is 0 Å². The van der Waals surface area contributed by atoms with Crippen molar-refractivity contribution in [2.24, 2.45) is 5.10 Å². The summed E-state index contributed by atoms with van der Waals surface area (Å²) in [6, 6.07) is 13.5. The number of anilines is 2. The minimum atomic E-state index is 0.293. The highest BCUT2D eigenvalue weighted by Crippen LogP contribution is 2.20. The van der Waals surface area contributed by atoms with Crippen LogP contribution < -0.4 is 10.7 Å². The highest BCUT2D eigenvalue weighted by atomic mass is 16.6. The number of aromatic nitrogens is 4. The summed E-state index contributed by atoms with van der Waals surface area (Å²) in [5.41, 5.74) is 4.55. The van der Waals surface area contributed by atoms with Gasteiger partial charge in [-0.25, -0.2) is 9.61 Å². The molecule has 2 N–H and O–H groups in total. The second-order valence-electron chi connectivity index (χ2n) is 5.06. The first kappa shape index (κ1) is 14.8. The van der Waals surface area contributed by atoms with Crippen molar-refractivity contribution in [3.05, 3.63) is 60.1 Å². The number of rotatable bonds is 6. The van der Waals surface area contributed by atoms with Crippen LogP contribution in [0.1, 0.15) is 11.3 Å². The second-order valence-corrected chi connectivity index (χ2v) is 5.06. The number of hydrogen-bond acceptors (Lipinski definition) is 9. The maximum atomic E-state index is 5.19. The van der Waals surface area contributed by atoms with E-state index in [4.69, 9.17) is 4.42 Å². The Morgan fingerprint density at radius 3 is 2.52 bits per heavy atom. The third-order valence-electron chi connectivity index (χ3n) is 3.32. The molecule has 25 heavy (non-hydrogen) atoms. The second kappa shape index (κ2) is 6.79. The van der Waals surface area contributed by atoms with Gasteiger partial charge in [-0.3, -0.25) is 5.43 Å². The van der Waals surface area contributed by atoms with E-state index in [9.17, 15) is 0 Å². The number of fused-ring (bicyclic) bond motifs is 1. The molecule has 0 saturated carbocycles. The molecule has 0 unspecified atom stereocenters. The minimum absolute atomic E-state index is 0.293. The summed E-state index contributed by atoms with van der Waals surface area (Å²) < 4.78 is 9.85. The van der Waals surface area contributed by atoms with Gasteiger partial charge in [0, 0.05) is 6.54 Å². The van der Waals surface area contributed by atoms with Gasteiger partial charge in [0.05, 0.1) is 12.5 Å². The number of benzene rings is 1. The maximum absolute atomic E-state index is 5.19. The number of hydrazone groups is 1. The lowest BCUT2D eigenvalue weighted by molar-refractivity contribution is 0.314. The zero-order valence-electron chi connectivity index (χ0n) is 13.0. The fraction of sp³-hybridized carbons (Fsp3) is 0.0625. The van der Waals surface area contributed by atoms with Crippen LogP contribution in [0, 0.1) is 0 Å². The molecule has 4 rings (SSSR count). The molecule has 0 aliphatic rings. The summed E-state index contributed by atoms with van der Waals surface area (Å²) in [7, 11) is 0. The summed E-state index contributed by atoms with van der Waals surface area (Å²) in [5, 5.41) is 14.7. The largest absolute Gasteiger partial charge is 0.463 e. The molecule has 0 saturated heterocycles. The van der Waals surface area contributed by atoms with Crippen LogP contribution in [0.5, 0.6) is 0 Å². The van der Waals surface area contributed by atoms with Crippen molar-refractivity contribution in [2.45, 2.75) is 6.54 Å². The van der Waals surface area contributed by atoms with Crippen LogP contribution in [0.2, 0.25) is 0 Å². The zero-order chi connectivity index (χ0) is 16.9. The summed E-state index contributed by atoms with van der Waals surface area (Å²) in [5.74, 6) is 1.51. The van der Waals surface area contributed by atoms with Crippen molar-refractivity contribution in [2.75, 3.05) is 10.7 Å². The molecule has 0 bridgehead atoms. The molecule has 0 spiro atoms. The molecule has 9 nitrogen and oxygen atoms in total. The summed E-state index contributed by atoms with van der Waals surface area (Å²) in [6.45, 7) is 0.572. The molecule has 0 fully saturated rings. The molecule has 0 radical (unpaired) electrons. The first-order valence-corrected chi connectivity index (χ1v) is 7.49. The van der Waals surface area contributed by atoms with Crippen molar-refractivity contribution in [1.29, 1.82) is 0 Å². The average Bonchev–Trinajstić information content (AvgIpc) is 3.32. The van der Waals surface area contributed by atoms with Crippen LogP contribution in [0.3, 0.4) is 0 Å². The molecular formula is C16H13N7O2. The fourth-order valence-corrected chi connectivity index (χ4v) is 2.14. The van der Waals surface area contributed by atoms with E-state index in [1.165, 1.54) is 6.21 Å². The van der Waals surface area contributed by atoms with E-state index in [-0.39, 0.29) is 0 Å². The van der Waals surface area contributed by atoms with Crippen LogP contribution in [-0.4, -0.2) is 26.5 Å². The topological polar surface area (TPSA) is 114 Å². The first-order valence-electron chi connectivity index (χ1n) is 7.49. The van der Waals surface area contributed by atoms with Crippen LogP contribution in [0.15, 0.2) is 62.9 Å². The number of furan rings is 1. The van der Waals surface area contributed by atoms with E-state index < -0.39 is 0 Å². The number of nitrogens with one attached hydrogen (secondary N) is 2. The lowest BCUT2D eigenvalue weighted by atomic mass is 10.2. The molecule has 3 aromatic heterocycles. The normalized spacial score (nSPS) is 11.2. The predicted molar refractivity (Wildman–Crippen MR) is 91.1 cm³/mol. The summed E-state index contributed by atoms with van der Waals surface area (Å²) in [4.78, 5) is 8.68. The SMILES string of the molecule is C(=N\Nc1nc2nonc2nc1NCc1ccccc1)/c1ccco1. The molecule has 0 aliphatic heterocycles. The van der Waals surface area contributed by atoms with Crippen molar-refractivity contribution in [1.82, 2.24) is 20.3 Å². The third-order valence-corrected chi connectivity index (χ3v) is 3.32. The van der Waals surface area contributed by atoms with E-state index in [0.29, 0.717) is 35.2 Å². The van der Waals surface area contributed by atoms with E-state index >= 15 is 0 Å². The van der Waals surface area contributed by atoms with Gasteiger partial charge < -0.3 is 9.73 Å². The van der Waals surface area contributed by atoms with E-state index in [1.807, 2.05) is 30.3 Å². The van der Waals surface area contributed by atoms with E-state index in [0.717, 1.165) is 5.56 Å². The van der Waals surface area contributed by atoms with Gasteiger partial charge in [-0.05, 0) is 28.0 Å². The fourth-order valence-electron chi connectivity index (χ4n) is 2.14. The summed E-state index contributed by atoms with van der Waals surface area (Å²) in [6.07, 6.45) is 3.11. The van der Waals surface area contributed by atoms with Gasteiger partial charge in [-0.15, -0.1) is 0 Å². The van der Waals surface area contributed by atoms with Crippen molar-refractivity contribution >= 4 is 29.1 Å². The maximum Gasteiger partial charge on any atom is 0.245 e. The Hall–Kier alpha value is -3.75. The van der Waals surface area contributed by atoms with Crippen LogP contribution in [0.4, 0.5) is 11.6 Å². The van der Waals surface area contributed by atoms with Gasteiger partial charge in [0.25, 0.3) is 0 Å². The Morgan fingerprint density at radius 1 is 0.960 bits per heavy atom. The molecule has 0 aliphatic carbocycles. The van der Waals surface area contributed by atoms with E-state index in [1.54, 1.807) is 18.4 Å². The number of hydrogen-bond donors (Lipinski definition) is 2. The minimum Gasteiger partial charge on any atom is -0.463 e. The van der Waals surface area contributed by atoms with Gasteiger partial charge in [0.1, 0.15) is 5.76 Å². The summed E-state index contributed by atoms with van der Waals surface area (Å²) >= 11 is 0. The Labute approximate surface area is 141 Å². The van der Waals surface area contributed by atoms with E-state index in [2.05, 4.69) is 40.8 Å². The van der Waals surface area contributed by atoms with Gasteiger partial charge in [-0.2, -0.15) is 10.1 Å². The molecule has 4 aromatic rings. The molecule has 0 atom stereocenters. The molecule has 1 aromatic carbocycles. The Kier molecular flexibility index (Phi) is 4.02. The van der Waals surface area contributed by atoms with Gasteiger partial charge in [0.15, 0.2) is 11.6 Å². The lowest BCUT2D eigenvalue weighted by Crippen LogP contribution is -2.06. The van der Waals surface area contributed by atoms with Crippen LogP contribution in [0.25, 0.3) is 11.3 Å². The predicted octanol–water partition coefficient (Wildman–Crippen LogP) is 2.66. The molecular weight excluding hydrogens is 322 g/mol. The Morgan fingerprint density at radius 2 is 1.76 bits per heavy atom. The smallest absolute Gasteiger partial charge is 0.245 e. The quantitative estimate of drug-likeness (QED) is 0.408. The van der Waals surface area contributed by atoms with Gasteiger partial charge in [-0.1, -0.05) is 30.3 Å². The highest BCUT2D eigenvalue weighted by Gasteiger charge is 2.12. The molecule has 9 heteroatoms. The molecule has 3 heterocycles. The van der Waals surface area contributed by atoms with Gasteiger partial charge in [0.2, 0.25) is 11.3 Å². The Balaban J connectivity index is 1.57. The van der Waals surface area contributed by atoms with Crippen molar-refractivity contribution in [3.8, 4) is 0 Å². The molecule has 124 valence electrons. The van der Waals surface area contributed by atoms with Crippen molar-refractivity contribution in [3.63, 3.8) is 0 Å². The highest BCUT2D eigenvalue weighted by molar-refractivity contribution is 5.78.